The Kier molecular flexibility index (Phi) is 5.62. The van der Waals surface area contributed by atoms with E-state index in [1.807, 2.05) is 18.2 Å². The van der Waals surface area contributed by atoms with E-state index in [2.05, 4.69) is 19.2 Å². The highest BCUT2D eigenvalue weighted by atomic mass is 16.5. The van der Waals surface area contributed by atoms with E-state index >= 15 is 0 Å². The maximum atomic E-state index is 12.1. The van der Waals surface area contributed by atoms with Crippen molar-refractivity contribution in [1.29, 1.82) is 0 Å². The van der Waals surface area contributed by atoms with E-state index in [1.165, 1.54) is 12.8 Å². The van der Waals surface area contributed by atoms with Gasteiger partial charge in [0.25, 0.3) is 5.91 Å². The van der Waals surface area contributed by atoms with Crippen LogP contribution in [0.15, 0.2) is 18.2 Å². The zero-order chi connectivity index (χ0) is 15.2. The van der Waals surface area contributed by atoms with Gasteiger partial charge in [0.1, 0.15) is 12.4 Å². The van der Waals surface area contributed by atoms with E-state index in [1.54, 1.807) is 0 Å². The van der Waals surface area contributed by atoms with Crippen molar-refractivity contribution in [2.75, 3.05) is 13.2 Å². The maximum absolute atomic E-state index is 12.1. The zero-order valence-corrected chi connectivity index (χ0v) is 13.0. The summed E-state index contributed by atoms with van der Waals surface area (Å²) in [6, 6.07) is 5.75. The van der Waals surface area contributed by atoms with E-state index in [-0.39, 0.29) is 11.9 Å². The first kappa shape index (κ1) is 15.8. The summed E-state index contributed by atoms with van der Waals surface area (Å²) in [6.45, 7) is 5.43. The Balaban J connectivity index is 2.21. The predicted molar refractivity (Wildman–Crippen MR) is 84.5 cm³/mol. The molecule has 0 fully saturated rings. The number of ether oxygens (including phenoxy) is 1. The second kappa shape index (κ2) is 7.46. The number of nitrogens with two attached hydrogens (primary N) is 1. The molecule has 0 aromatic heterocycles. The molecule has 1 aliphatic heterocycles. The number of hydrogen-bond acceptors (Lipinski definition) is 3. The highest BCUT2D eigenvalue weighted by molar-refractivity contribution is 5.97. The van der Waals surface area contributed by atoms with Crippen LogP contribution in [0, 0.1) is 5.92 Å². The molecule has 116 valence electrons. The lowest BCUT2D eigenvalue weighted by Crippen LogP contribution is -2.25. The Hall–Kier alpha value is -1.55. The van der Waals surface area contributed by atoms with Gasteiger partial charge >= 0.3 is 0 Å². The quantitative estimate of drug-likeness (QED) is 0.846. The monoisotopic (exact) mass is 290 g/mol. The van der Waals surface area contributed by atoms with Crippen LogP contribution in [0.2, 0.25) is 0 Å². The van der Waals surface area contributed by atoms with Crippen molar-refractivity contribution in [1.82, 2.24) is 5.32 Å². The first-order chi connectivity index (χ1) is 10.2. The second-order valence-corrected chi connectivity index (χ2v) is 5.70. The summed E-state index contributed by atoms with van der Waals surface area (Å²) < 4.78 is 5.58. The largest absolute Gasteiger partial charge is 0.491 e. The minimum atomic E-state index is -0.0712. The van der Waals surface area contributed by atoms with Gasteiger partial charge in [-0.15, -0.1) is 0 Å². The number of rotatable bonds is 6. The number of hydrogen-bond donors (Lipinski definition) is 2. The highest BCUT2D eigenvalue weighted by Crippen LogP contribution is 2.30. The Morgan fingerprint density at radius 2 is 2.19 bits per heavy atom. The summed E-state index contributed by atoms with van der Waals surface area (Å²) in [6.07, 6.45) is 4.57. The van der Waals surface area contributed by atoms with Gasteiger partial charge in [0, 0.05) is 6.04 Å². The number of fused-ring (bicyclic) bond motifs is 1. The number of carbonyl (C=O) groups is 1. The molecule has 1 aromatic rings. The van der Waals surface area contributed by atoms with Gasteiger partial charge < -0.3 is 15.8 Å². The highest BCUT2D eigenvalue weighted by Gasteiger charge is 2.22. The molecule has 3 N–H and O–H groups in total. The fourth-order valence-electron chi connectivity index (χ4n) is 2.86. The molecule has 1 aliphatic rings. The lowest BCUT2D eigenvalue weighted by molar-refractivity contribution is 0.0957. The summed E-state index contributed by atoms with van der Waals surface area (Å²) in [7, 11) is 0. The average molecular weight is 290 g/mol. The van der Waals surface area contributed by atoms with Gasteiger partial charge in [0.05, 0.1) is 12.1 Å². The van der Waals surface area contributed by atoms with Crippen molar-refractivity contribution in [2.24, 2.45) is 11.7 Å². The minimum Gasteiger partial charge on any atom is -0.491 e. The molecular formula is C17H26N2O2. The molecule has 0 saturated heterocycles. The summed E-state index contributed by atoms with van der Waals surface area (Å²) in [5.41, 5.74) is 8.06. The lowest BCUT2D eigenvalue weighted by atomic mass is 9.87. The fourth-order valence-corrected chi connectivity index (χ4v) is 2.86. The Labute approximate surface area is 127 Å². The summed E-state index contributed by atoms with van der Waals surface area (Å²) in [5.74, 6) is 1.04. The molecule has 2 unspecified atom stereocenters. The van der Waals surface area contributed by atoms with Crippen molar-refractivity contribution in [3.63, 3.8) is 0 Å². The number of amides is 1. The van der Waals surface area contributed by atoms with Crippen LogP contribution in [0.3, 0.4) is 0 Å². The summed E-state index contributed by atoms with van der Waals surface area (Å²) in [4.78, 5) is 12.1. The van der Waals surface area contributed by atoms with E-state index in [9.17, 15) is 4.79 Å². The maximum Gasteiger partial charge on any atom is 0.255 e. The van der Waals surface area contributed by atoms with Crippen molar-refractivity contribution in [2.45, 2.75) is 45.6 Å². The van der Waals surface area contributed by atoms with Crippen LogP contribution in [-0.4, -0.2) is 19.1 Å². The van der Waals surface area contributed by atoms with Crippen LogP contribution < -0.4 is 15.8 Å². The van der Waals surface area contributed by atoms with Gasteiger partial charge in [0.15, 0.2) is 0 Å². The fraction of sp³-hybridized carbons (Fsp3) is 0.588. The van der Waals surface area contributed by atoms with Gasteiger partial charge in [-0.05, 0) is 30.0 Å². The first-order valence-electron chi connectivity index (χ1n) is 7.97. The van der Waals surface area contributed by atoms with E-state index in [0.29, 0.717) is 30.4 Å². The molecule has 0 radical (unpaired) electrons. The van der Waals surface area contributed by atoms with Gasteiger partial charge in [-0.25, -0.2) is 0 Å². The van der Waals surface area contributed by atoms with E-state index in [4.69, 9.17) is 10.5 Å². The van der Waals surface area contributed by atoms with Gasteiger partial charge in [-0.1, -0.05) is 39.2 Å². The van der Waals surface area contributed by atoms with E-state index in [0.717, 1.165) is 18.4 Å². The summed E-state index contributed by atoms with van der Waals surface area (Å²) in [5, 5.41) is 2.84. The standard InChI is InChI=1S/C17H26N2O2/c1-3-5-6-12(4-2)16(18)13-7-8-15-14(11-13)17(20)19-9-10-21-15/h7-8,11-12,16H,3-6,9-10,18H2,1-2H3,(H,19,20). The number of unbranched alkanes of at least 4 members (excludes halogenated alkanes) is 1. The molecule has 0 bridgehead atoms. The van der Waals surface area contributed by atoms with E-state index < -0.39 is 0 Å². The molecule has 2 rings (SSSR count). The number of benzene rings is 1. The molecule has 2 atom stereocenters. The van der Waals surface area contributed by atoms with Crippen LogP contribution in [0.1, 0.15) is 61.5 Å². The minimum absolute atomic E-state index is 0.0251. The third-order valence-corrected chi connectivity index (χ3v) is 4.24. The first-order valence-corrected chi connectivity index (χ1v) is 7.97. The topological polar surface area (TPSA) is 64.4 Å². The number of nitrogens with one attached hydrogen (secondary N) is 1. The van der Waals surface area contributed by atoms with Gasteiger partial charge in [-0.3, -0.25) is 4.79 Å². The number of carbonyl (C=O) groups excluding carboxylic acids is 1. The smallest absolute Gasteiger partial charge is 0.255 e. The van der Waals surface area contributed by atoms with Crippen molar-refractivity contribution in [3.05, 3.63) is 29.3 Å². The van der Waals surface area contributed by atoms with Crippen LogP contribution >= 0.6 is 0 Å². The van der Waals surface area contributed by atoms with Crippen LogP contribution in [0.4, 0.5) is 0 Å². The molecule has 0 aliphatic carbocycles. The van der Waals surface area contributed by atoms with Gasteiger partial charge in [-0.2, -0.15) is 0 Å². The Morgan fingerprint density at radius 1 is 1.38 bits per heavy atom. The zero-order valence-electron chi connectivity index (χ0n) is 13.0. The normalized spacial score (nSPS) is 17.2. The molecule has 0 saturated carbocycles. The molecule has 1 heterocycles. The molecule has 4 heteroatoms. The van der Waals surface area contributed by atoms with Crippen LogP contribution in [0.25, 0.3) is 0 Å². The SMILES string of the molecule is CCCCC(CC)C(N)c1ccc2c(c1)C(=O)NCCO2. The van der Waals surface area contributed by atoms with Crippen molar-refractivity contribution < 1.29 is 9.53 Å². The molecule has 1 aromatic carbocycles. The molecule has 1 amide bonds. The molecular weight excluding hydrogens is 264 g/mol. The van der Waals surface area contributed by atoms with Crippen molar-refractivity contribution >= 4 is 5.91 Å². The van der Waals surface area contributed by atoms with Gasteiger partial charge in [0.2, 0.25) is 0 Å². The summed E-state index contributed by atoms with van der Waals surface area (Å²) >= 11 is 0. The molecule has 21 heavy (non-hydrogen) atoms. The second-order valence-electron chi connectivity index (χ2n) is 5.70. The third-order valence-electron chi connectivity index (χ3n) is 4.24. The van der Waals surface area contributed by atoms with Crippen LogP contribution in [-0.2, 0) is 0 Å². The Bertz CT molecular complexity index is 488. The lowest BCUT2D eigenvalue weighted by Gasteiger charge is -2.23. The molecule has 0 spiro atoms. The average Bonchev–Trinajstić information content (AvgIpc) is 2.69. The third kappa shape index (κ3) is 3.76. The molecule has 4 nitrogen and oxygen atoms in total. The Morgan fingerprint density at radius 3 is 2.90 bits per heavy atom. The van der Waals surface area contributed by atoms with Crippen molar-refractivity contribution in [3.8, 4) is 5.75 Å². The van der Waals surface area contributed by atoms with Crippen LogP contribution in [0.5, 0.6) is 5.75 Å². The predicted octanol–water partition coefficient (Wildman–Crippen LogP) is 3.03.